The third kappa shape index (κ3) is 7.19. The van der Waals surface area contributed by atoms with Crippen molar-refractivity contribution in [1.82, 2.24) is 20.2 Å². The van der Waals surface area contributed by atoms with Crippen LogP contribution in [0.25, 0.3) is 0 Å². The molecule has 11 heteroatoms. The van der Waals surface area contributed by atoms with Crippen molar-refractivity contribution in [2.45, 2.75) is 89.5 Å². The predicted molar refractivity (Wildman–Crippen MR) is 144 cm³/mol. The molecule has 2 saturated carbocycles. The van der Waals surface area contributed by atoms with Gasteiger partial charge in [-0.15, -0.1) is 0 Å². The Morgan fingerprint density at radius 2 is 1.69 bits per heavy atom. The molecule has 2 fully saturated rings. The number of hydrogen-bond acceptors (Lipinski definition) is 6. The quantitative estimate of drug-likeness (QED) is 0.390. The van der Waals surface area contributed by atoms with Crippen LogP contribution in [0.2, 0.25) is 0 Å². The second-order valence-corrected chi connectivity index (χ2v) is 10.8. The SMILES string of the molecule is CC(C)NC(=O)[C@H]1CCC[C@H]1Nc1nc(Nc2ccc(C(=O)N(C)C3CCCCC3)cc2)ncc1C(F)(F)F. The minimum atomic E-state index is -4.67. The fourth-order valence-electron chi connectivity index (χ4n) is 5.44. The lowest BCUT2D eigenvalue weighted by Crippen LogP contribution is -2.41. The van der Waals surface area contributed by atoms with Gasteiger partial charge >= 0.3 is 6.18 Å². The number of hydrogen-bond donors (Lipinski definition) is 3. The van der Waals surface area contributed by atoms with Gasteiger partial charge in [0.1, 0.15) is 11.4 Å². The Balaban J connectivity index is 1.48. The Bertz CT molecular complexity index is 1150. The summed E-state index contributed by atoms with van der Waals surface area (Å²) in [6.45, 7) is 3.69. The number of amides is 2. The summed E-state index contributed by atoms with van der Waals surface area (Å²) in [7, 11) is 1.83. The van der Waals surface area contributed by atoms with Gasteiger partial charge in [0.15, 0.2) is 0 Å². The zero-order valence-electron chi connectivity index (χ0n) is 22.6. The summed E-state index contributed by atoms with van der Waals surface area (Å²) in [5, 5.41) is 8.68. The Morgan fingerprint density at radius 1 is 1.00 bits per heavy atom. The molecule has 0 radical (unpaired) electrons. The standard InChI is InChI=1S/C28H37F3N6O2/c1-17(2)33-25(38)21-10-7-11-23(21)35-24-22(28(29,30)31)16-32-27(36-24)34-19-14-12-18(13-15-19)26(39)37(3)20-8-5-4-6-9-20/h12-17,20-21,23H,4-11H2,1-3H3,(H,33,38)(H2,32,34,35,36)/t21-,23+/m0/s1. The largest absolute Gasteiger partial charge is 0.421 e. The van der Waals surface area contributed by atoms with Crippen LogP contribution in [0, 0.1) is 5.92 Å². The van der Waals surface area contributed by atoms with Crippen molar-refractivity contribution < 1.29 is 22.8 Å². The van der Waals surface area contributed by atoms with Gasteiger partial charge in [0, 0.05) is 42.6 Å². The molecular formula is C28H37F3N6O2. The van der Waals surface area contributed by atoms with E-state index in [0.717, 1.165) is 38.3 Å². The van der Waals surface area contributed by atoms with E-state index >= 15 is 0 Å². The van der Waals surface area contributed by atoms with Crippen molar-refractivity contribution in [1.29, 1.82) is 0 Å². The molecule has 1 heterocycles. The molecule has 1 aromatic carbocycles. The summed E-state index contributed by atoms with van der Waals surface area (Å²) >= 11 is 0. The lowest BCUT2D eigenvalue weighted by molar-refractivity contribution is -0.137. The van der Waals surface area contributed by atoms with Crippen LogP contribution < -0.4 is 16.0 Å². The highest BCUT2D eigenvalue weighted by atomic mass is 19.4. The minimum Gasteiger partial charge on any atom is -0.366 e. The summed E-state index contributed by atoms with van der Waals surface area (Å²) < 4.78 is 41.3. The van der Waals surface area contributed by atoms with Gasteiger partial charge in [-0.25, -0.2) is 4.98 Å². The minimum absolute atomic E-state index is 0.0231. The third-order valence-electron chi connectivity index (χ3n) is 7.53. The molecule has 0 aliphatic heterocycles. The highest BCUT2D eigenvalue weighted by Crippen LogP contribution is 2.37. The smallest absolute Gasteiger partial charge is 0.366 e. The van der Waals surface area contributed by atoms with E-state index in [0.29, 0.717) is 24.1 Å². The number of carbonyl (C=O) groups is 2. The van der Waals surface area contributed by atoms with Gasteiger partial charge in [-0.3, -0.25) is 9.59 Å². The highest BCUT2D eigenvalue weighted by molar-refractivity contribution is 5.94. The van der Waals surface area contributed by atoms with E-state index in [1.54, 1.807) is 29.2 Å². The summed E-state index contributed by atoms with van der Waals surface area (Å²) in [5.74, 6) is -1.07. The number of aromatic nitrogens is 2. The van der Waals surface area contributed by atoms with Crippen LogP contribution in [0.4, 0.5) is 30.6 Å². The number of rotatable bonds is 8. The molecule has 8 nitrogen and oxygen atoms in total. The Morgan fingerprint density at radius 3 is 2.33 bits per heavy atom. The lowest BCUT2D eigenvalue weighted by atomic mass is 9.94. The molecule has 3 N–H and O–H groups in total. The van der Waals surface area contributed by atoms with Crippen LogP contribution in [0.3, 0.4) is 0 Å². The fourth-order valence-corrected chi connectivity index (χ4v) is 5.44. The van der Waals surface area contributed by atoms with E-state index in [1.165, 1.54) is 6.42 Å². The normalized spacial score (nSPS) is 20.1. The first-order valence-corrected chi connectivity index (χ1v) is 13.7. The number of nitrogens with zero attached hydrogens (tertiary/aromatic N) is 3. The zero-order valence-corrected chi connectivity index (χ0v) is 22.6. The number of nitrogens with one attached hydrogen (secondary N) is 3. The first-order chi connectivity index (χ1) is 18.5. The number of halogens is 3. The molecule has 0 unspecified atom stereocenters. The van der Waals surface area contributed by atoms with Gasteiger partial charge < -0.3 is 20.9 Å². The van der Waals surface area contributed by atoms with Crippen molar-refractivity contribution >= 4 is 29.3 Å². The summed E-state index contributed by atoms with van der Waals surface area (Å²) in [6, 6.07) is 6.44. The summed E-state index contributed by atoms with van der Waals surface area (Å²) in [5.41, 5.74) is 0.0820. The van der Waals surface area contributed by atoms with Gasteiger partial charge in [-0.2, -0.15) is 18.2 Å². The van der Waals surface area contributed by atoms with E-state index in [4.69, 9.17) is 0 Å². The van der Waals surface area contributed by atoms with Crippen LogP contribution in [0.15, 0.2) is 30.5 Å². The van der Waals surface area contributed by atoms with Crippen molar-refractivity contribution in [3.05, 3.63) is 41.6 Å². The molecule has 0 bridgehead atoms. The topological polar surface area (TPSA) is 99.2 Å². The first-order valence-electron chi connectivity index (χ1n) is 13.7. The number of alkyl halides is 3. The Kier molecular flexibility index (Phi) is 8.97. The number of carbonyl (C=O) groups excluding carboxylic acids is 2. The van der Waals surface area contributed by atoms with Gasteiger partial charge in [0.2, 0.25) is 11.9 Å². The second kappa shape index (κ2) is 12.2. The lowest BCUT2D eigenvalue weighted by Gasteiger charge is -2.31. The van der Waals surface area contributed by atoms with Crippen molar-refractivity contribution in [3.63, 3.8) is 0 Å². The molecule has 2 aliphatic carbocycles. The van der Waals surface area contributed by atoms with E-state index in [-0.39, 0.29) is 35.7 Å². The fraction of sp³-hybridized carbons (Fsp3) is 0.571. The second-order valence-electron chi connectivity index (χ2n) is 10.8. The summed E-state index contributed by atoms with van der Waals surface area (Å²) in [4.78, 5) is 35.4. The van der Waals surface area contributed by atoms with Crippen LogP contribution in [-0.2, 0) is 11.0 Å². The Hall–Kier alpha value is -3.37. The maximum absolute atomic E-state index is 13.8. The molecule has 212 valence electrons. The summed E-state index contributed by atoms with van der Waals surface area (Å²) in [6.07, 6.45) is 3.43. The molecule has 2 aliphatic rings. The maximum Gasteiger partial charge on any atom is 0.421 e. The van der Waals surface area contributed by atoms with Crippen molar-refractivity contribution in [2.24, 2.45) is 5.92 Å². The molecule has 4 rings (SSSR count). The van der Waals surface area contributed by atoms with E-state index in [2.05, 4.69) is 25.9 Å². The molecular weight excluding hydrogens is 509 g/mol. The molecule has 0 spiro atoms. The van der Waals surface area contributed by atoms with Crippen LogP contribution in [0.1, 0.15) is 81.1 Å². The molecule has 39 heavy (non-hydrogen) atoms. The average Bonchev–Trinajstić information content (AvgIpc) is 3.36. The number of anilines is 3. The zero-order chi connectivity index (χ0) is 28.2. The molecule has 2 amide bonds. The molecule has 0 saturated heterocycles. The van der Waals surface area contributed by atoms with Crippen molar-refractivity contribution in [3.8, 4) is 0 Å². The molecule has 2 aromatic rings. The van der Waals surface area contributed by atoms with Gasteiger partial charge in [0.05, 0.1) is 5.92 Å². The monoisotopic (exact) mass is 546 g/mol. The Labute approximate surface area is 227 Å². The third-order valence-corrected chi connectivity index (χ3v) is 7.53. The van der Waals surface area contributed by atoms with Gasteiger partial charge in [0.25, 0.3) is 5.91 Å². The predicted octanol–water partition coefficient (Wildman–Crippen LogP) is 5.75. The van der Waals surface area contributed by atoms with E-state index < -0.39 is 23.7 Å². The average molecular weight is 547 g/mol. The van der Waals surface area contributed by atoms with E-state index in [9.17, 15) is 22.8 Å². The van der Waals surface area contributed by atoms with Gasteiger partial charge in [-0.1, -0.05) is 25.7 Å². The number of benzene rings is 1. The highest BCUT2D eigenvalue weighted by Gasteiger charge is 2.39. The molecule has 2 atom stereocenters. The molecule has 1 aromatic heterocycles. The van der Waals surface area contributed by atoms with Crippen LogP contribution in [-0.4, -0.2) is 51.9 Å². The van der Waals surface area contributed by atoms with E-state index in [1.807, 2.05) is 20.9 Å². The van der Waals surface area contributed by atoms with Gasteiger partial charge in [-0.05, 0) is 63.8 Å². The van der Waals surface area contributed by atoms with Crippen molar-refractivity contribution in [2.75, 3.05) is 17.7 Å². The van der Waals surface area contributed by atoms with Crippen LogP contribution in [0.5, 0.6) is 0 Å². The first kappa shape index (κ1) is 28.6. The maximum atomic E-state index is 13.8. The van der Waals surface area contributed by atoms with Crippen LogP contribution >= 0.6 is 0 Å².